The summed E-state index contributed by atoms with van der Waals surface area (Å²) in [5.74, 6) is -0.294. The summed E-state index contributed by atoms with van der Waals surface area (Å²) in [7, 11) is 1.54. The van der Waals surface area contributed by atoms with E-state index in [-0.39, 0.29) is 23.4 Å². The Kier molecular flexibility index (Phi) is 8.25. The molecule has 0 radical (unpaired) electrons. The number of allylic oxidation sites excluding steroid dienone is 2. The number of aromatic hydroxyl groups is 1. The fourth-order valence-electron chi connectivity index (χ4n) is 5.31. The van der Waals surface area contributed by atoms with Gasteiger partial charge in [0.25, 0.3) is 5.91 Å². The summed E-state index contributed by atoms with van der Waals surface area (Å²) in [5, 5.41) is 18.4. The molecule has 1 fully saturated rings. The lowest BCUT2D eigenvalue weighted by Crippen LogP contribution is -2.49. The third-order valence-corrected chi connectivity index (χ3v) is 7.06. The van der Waals surface area contributed by atoms with Gasteiger partial charge in [-0.25, -0.2) is 4.79 Å². The molecule has 8 heteroatoms. The Morgan fingerprint density at radius 1 is 1.14 bits per heavy atom. The predicted octanol–water partition coefficient (Wildman–Crippen LogP) is 5.57. The van der Waals surface area contributed by atoms with Crippen LogP contribution in [-0.4, -0.2) is 45.5 Å². The Hall–Kier alpha value is -3.29. The molecule has 1 heterocycles. The van der Waals surface area contributed by atoms with Crippen molar-refractivity contribution < 1.29 is 24.2 Å². The molecule has 2 aliphatic carbocycles. The smallest absolute Gasteiger partial charge is 0.329 e. The van der Waals surface area contributed by atoms with Crippen molar-refractivity contribution in [2.75, 3.05) is 7.11 Å². The van der Waals surface area contributed by atoms with E-state index >= 15 is 0 Å². The van der Waals surface area contributed by atoms with E-state index in [0.717, 1.165) is 51.4 Å². The quantitative estimate of drug-likeness (QED) is 0.374. The lowest BCUT2D eigenvalue weighted by Gasteiger charge is -2.31. The van der Waals surface area contributed by atoms with Gasteiger partial charge in [0.2, 0.25) is 0 Å². The maximum atomic E-state index is 13.6. The van der Waals surface area contributed by atoms with Gasteiger partial charge in [-0.15, -0.1) is 0 Å². The fraction of sp³-hybridized carbons (Fsp3) is 0.552. The average Bonchev–Trinajstić information content (AvgIpc) is 3.32. The number of carbonyl (C=O) groups excluding carboxylic acids is 2. The van der Waals surface area contributed by atoms with Crippen molar-refractivity contribution in [3.05, 3.63) is 42.1 Å². The Morgan fingerprint density at radius 3 is 2.54 bits per heavy atom. The second-order valence-corrected chi connectivity index (χ2v) is 11.0. The molecule has 2 unspecified atom stereocenters. The summed E-state index contributed by atoms with van der Waals surface area (Å²) >= 11 is 0. The van der Waals surface area contributed by atoms with Crippen molar-refractivity contribution in [2.45, 2.75) is 89.8 Å². The first kappa shape index (κ1) is 26.8. The number of phenolic OH excluding ortho intramolecular Hbond substituents is 1. The largest absolute Gasteiger partial charge is 0.507 e. The van der Waals surface area contributed by atoms with E-state index < -0.39 is 23.5 Å². The Labute approximate surface area is 219 Å². The molecule has 37 heavy (non-hydrogen) atoms. The number of esters is 1. The van der Waals surface area contributed by atoms with Crippen molar-refractivity contribution >= 4 is 11.9 Å². The van der Waals surface area contributed by atoms with Crippen molar-refractivity contribution in [1.29, 1.82) is 0 Å². The molecule has 2 aliphatic rings. The van der Waals surface area contributed by atoms with Gasteiger partial charge in [0.15, 0.2) is 5.69 Å². The summed E-state index contributed by atoms with van der Waals surface area (Å²) in [5.41, 5.74) is 0.594. The number of ether oxygens (including phenoxy) is 2. The van der Waals surface area contributed by atoms with Crippen molar-refractivity contribution in [3.63, 3.8) is 0 Å². The maximum Gasteiger partial charge on any atom is 0.329 e. The standard InChI is InChI=1S/C29H39N3O5/c1-29(2,3)37-28(35)26(19-12-7-5-8-13-19)30-27(34)21-18-22(25-23(33)16-11-17-24(25)36-4)32(31-21)20-14-9-6-10-15-20/h9,11,14,16-20,26,33H,5-8,10,12-13,15H2,1-4H3,(H,30,34). The van der Waals surface area contributed by atoms with Crippen LogP contribution in [0.25, 0.3) is 11.3 Å². The van der Waals surface area contributed by atoms with Crippen LogP contribution in [0.3, 0.4) is 0 Å². The number of carbonyl (C=O) groups is 2. The molecule has 1 amide bonds. The number of benzene rings is 1. The van der Waals surface area contributed by atoms with Crippen LogP contribution in [-0.2, 0) is 9.53 Å². The van der Waals surface area contributed by atoms with E-state index in [1.165, 1.54) is 0 Å². The number of phenols is 1. The zero-order valence-electron chi connectivity index (χ0n) is 22.3. The number of methoxy groups -OCH3 is 1. The third kappa shape index (κ3) is 6.35. The number of amides is 1. The Bertz CT molecular complexity index is 1140. The summed E-state index contributed by atoms with van der Waals surface area (Å²) in [6.07, 6.45) is 12.0. The molecular formula is C29H39N3O5. The number of nitrogens with one attached hydrogen (secondary N) is 1. The van der Waals surface area contributed by atoms with Gasteiger partial charge in [0, 0.05) is 0 Å². The summed E-state index contributed by atoms with van der Waals surface area (Å²) in [6.45, 7) is 5.49. The van der Waals surface area contributed by atoms with Crippen molar-refractivity contribution in [1.82, 2.24) is 15.1 Å². The number of hydrogen-bond donors (Lipinski definition) is 2. The molecule has 2 atom stereocenters. The van der Waals surface area contributed by atoms with Crippen molar-refractivity contribution in [3.8, 4) is 22.8 Å². The van der Waals surface area contributed by atoms with Gasteiger partial charge in [-0.2, -0.15) is 5.10 Å². The minimum Gasteiger partial charge on any atom is -0.507 e. The highest BCUT2D eigenvalue weighted by molar-refractivity contribution is 5.96. The molecule has 0 saturated heterocycles. The molecular weight excluding hydrogens is 470 g/mol. The molecule has 0 aliphatic heterocycles. The average molecular weight is 510 g/mol. The summed E-state index contributed by atoms with van der Waals surface area (Å²) in [4.78, 5) is 26.8. The SMILES string of the molecule is COc1cccc(O)c1-c1cc(C(=O)NC(C(=O)OC(C)(C)C)C2CCCCC2)nn1C1C=CCCC1. The minimum absolute atomic E-state index is 0.0219. The monoisotopic (exact) mass is 509 g/mol. The Morgan fingerprint density at radius 2 is 1.89 bits per heavy atom. The van der Waals surface area contributed by atoms with E-state index in [4.69, 9.17) is 14.6 Å². The van der Waals surface area contributed by atoms with Crippen LogP contribution < -0.4 is 10.1 Å². The first-order chi connectivity index (χ1) is 17.7. The molecule has 200 valence electrons. The van der Waals surface area contributed by atoms with E-state index in [1.807, 2.05) is 20.8 Å². The van der Waals surface area contributed by atoms with Crippen LogP contribution in [0, 0.1) is 5.92 Å². The molecule has 2 aromatic rings. The maximum absolute atomic E-state index is 13.6. The van der Waals surface area contributed by atoms with Gasteiger partial charge in [-0.3, -0.25) is 9.48 Å². The third-order valence-electron chi connectivity index (χ3n) is 7.06. The second kappa shape index (κ2) is 11.4. The molecule has 2 N–H and O–H groups in total. The first-order valence-corrected chi connectivity index (χ1v) is 13.3. The number of rotatable bonds is 7. The minimum atomic E-state index is -0.741. The lowest BCUT2D eigenvalue weighted by molar-refractivity contribution is -0.159. The number of aromatic nitrogens is 2. The molecule has 1 aromatic carbocycles. The van der Waals surface area contributed by atoms with Crippen LogP contribution in [0.15, 0.2) is 36.4 Å². The molecule has 4 rings (SSSR count). The predicted molar refractivity (Wildman–Crippen MR) is 142 cm³/mol. The van der Waals surface area contributed by atoms with E-state index in [1.54, 1.807) is 36.1 Å². The lowest BCUT2D eigenvalue weighted by atomic mass is 9.83. The van der Waals surface area contributed by atoms with Crippen molar-refractivity contribution in [2.24, 2.45) is 5.92 Å². The van der Waals surface area contributed by atoms with Crippen LogP contribution in [0.5, 0.6) is 11.5 Å². The molecule has 1 aromatic heterocycles. The van der Waals surface area contributed by atoms with Crippen LogP contribution in [0.4, 0.5) is 0 Å². The molecule has 0 bridgehead atoms. The Balaban J connectivity index is 1.70. The van der Waals surface area contributed by atoms with Crippen LogP contribution >= 0.6 is 0 Å². The summed E-state index contributed by atoms with van der Waals surface area (Å²) in [6, 6.07) is 5.94. The molecule has 0 spiro atoms. The number of hydrogen-bond acceptors (Lipinski definition) is 6. The highest BCUT2D eigenvalue weighted by Gasteiger charge is 2.35. The van der Waals surface area contributed by atoms with Crippen LogP contribution in [0.2, 0.25) is 0 Å². The molecule has 8 nitrogen and oxygen atoms in total. The first-order valence-electron chi connectivity index (χ1n) is 13.3. The van der Waals surface area contributed by atoms with Gasteiger partial charge in [-0.05, 0) is 77.0 Å². The second-order valence-electron chi connectivity index (χ2n) is 11.0. The summed E-state index contributed by atoms with van der Waals surface area (Å²) < 4.78 is 13.0. The van der Waals surface area contributed by atoms with Gasteiger partial charge < -0.3 is 19.9 Å². The highest BCUT2D eigenvalue weighted by Crippen LogP contribution is 2.40. The van der Waals surface area contributed by atoms with Gasteiger partial charge in [0.1, 0.15) is 23.1 Å². The van der Waals surface area contributed by atoms with Crippen LogP contribution in [0.1, 0.15) is 88.7 Å². The van der Waals surface area contributed by atoms with Gasteiger partial charge >= 0.3 is 5.97 Å². The number of nitrogens with zero attached hydrogens (tertiary/aromatic N) is 2. The van der Waals surface area contributed by atoms with E-state index in [2.05, 4.69) is 17.5 Å². The zero-order chi connectivity index (χ0) is 26.6. The topological polar surface area (TPSA) is 103 Å². The fourth-order valence-corrected chi connectivity index (χ4v) is 5.31. The van der Waals surface area contributed by atoms with E-state index in [9.17, 15) is 14.7 Å². The highest BCUT2D eigenvalue weighted by atomic mass is 16.6. The zero-order valence-corrected chi connectivity index (χ0v) is 22.3. The van der Waals surface area contributed by atoms with E-state index in [0.29, 0.717) is 17.0 Å². The van der Waals surface area contributed by atoms with Gasteiger partial charge in [0.05, 0.1) is 24.4 Å². The van der Waals surface area contributed by atoms with Gasteiger partial charge in [-0.1, -0.05) is 37.5 Å². The normalized spacial score (nSPS) is 19.3. The molecule has 1 saturated carbocycles.